The van der Waals surface area contributed by atoms with Crippen LogP contribution >= 0.6 is 15.9 Å². The molecule has 5 nitrogen and oxygen atoms in total. The Bertz CT molecular complexity index is 919. The second-order valence-corrected chi connectivity index (χ2v) is 9.57. The van der Waals surface area contributed by atoms with Gasteiger partial charge in [-0.25, -0.2) is 0 Å². The van der Waals surface area contributed by atoms with Crippen LogP contribution < -0.4 is 5.32 Å². The molecule has 1 aromatic carbocycles. The lowest BCUT2D eigenvalue weighted by molar-refractivity contribution is -0.146. The first-order chi connectivity index (χ1) is 13.3. The fraction of sp³-hybridized carbons (Fsp3) is 0.500. The van der Waals surface area contributed by atoms with Crippen LogP contribution in [0.25, 0.3) is 0 Å². The normalized spacial score (nSPS) is 35.6. The number of rotatable bonds is 3. The molecule has 1 aliphatic heterocycles. The molecule has 1 saturated heterocycles. The number of likely N-dealkylation sites (tertiary alicyclic amines) is 1. The van der Waals surface area contributed by atoms with E-state index < -0.39 is 6.04 Å². The van der Waals surface area contributed by atoms with Gasteiger partial charge in [0.2, 0.25) is 17.7 Å². The molecule has 4 aliphatic carbocycles. The van der Waals surface area contributed by atoms with Gasteiger partial charge in [0.05, 0.1) is 11.8 Å². The first-order valence-corrected chi connectivity index (χ1v) is 10.7. The molecule has 1 heterocycles. The highest BCUT2D eigenvalue weighted by Crippen LogP contribution is 2.65. The van der Waals surface area contributed by atoms with Crippen molar-refractivity contribution in [2.45, 2.75) is 33.2 Å². The fourth-order valence-corrected chi connectivity index (χ4v) is 6.07. The average molecular weight is 443 g/mol. The van der Waals surface area contributed by atoms with E-state index in [1.54, 1.807) is 6.92 Å². The molecule has 6 heteroatoms. The number of allylic oxidation sites excluding steroid dienone is 2. The first-order valence-electron chi connectivity index (χ1n) is 9.93. The maximum Gasteiger partial charge on any atom is 0.247 e. The van der Waals surface area contributed by atoms with Gasteiger partial charge in [0.1, 0.15) is 6.04 Å². The average Bonchev–Trinajstić information content (AvgIpc) is 3.45. The summed E-state index contributed by atoms with van der Waals surface area (Å²) < 4.78 is 0.978. The fourth-order valence-electron chi connectivity index (χ4n) is 5.64. The van der Waals surface area contributed by atoms with Gasteiger partial charge >= 0.3 is 0 Å². The summed E-state index contributed by atoms with van der Waals surface area (Å²) in [6, 6.07) is 2.91. The molecule has 2 bridgehead atoms. The molecule has 0 spiro atoms. The summed E-state index contributed by atoms with van der Waals surface area (Å²) in [6.45, 7) is 5.57. The predicted molar refractivity (Wildman–Crippen MR) is 108 cm³/mol. The number of nitrogens with one attached hydrogen (secondary N) is 1. The molecule has 7 atom stereocenters. The van der Waals surface area contributed by atoms with Crippen molar-refractivity contribution in [3.63, 3.8) is 0 Å². The number of carbonyl (C=O) groups excluding carboxylic acids is 3. The van der Waals surface area contributed by atoms with Crippen molar-refractivity contribution in [3.8, 4) is 0 Å². The zero-order chi connectivity index (χ0) is 19.9. The zero-order valence-corrected chi connectivity index (χ0v) is 17.7. The number of carbonyl (C=O) groups is 3. The Hall–Kier alpha value is -1.95. The van der Waals surface area contributed by atoms with E-state index >= 15 is 0 Å². The Labute approximate surface area is 172 Å². The highest BCUT2D eigenvalue weighted by atomic mass is 79.9. The third-order valence-corrected chi connectivity index (χ3v) is 8.30. The molecule has 0 radical (unpaired) electrons. The van der Waals surface area contributed by atoms with Crippen LogP contribution in [-0.2, 0) is 14.4 Å². The van der Waals surface area contributed by atoms with E-state index in [9.17, 15) is 14.4 Å². The topological polar surface area (TPSA) is 66.5 Å². The maximum absolute atomic E-state index is 13.2. The highest BCUT2D eigenvalue weighted by molar-refractivity contribution is 9.10. The van der Waals surface area contributed by atoms with Crippen LogP contribution in [0.3, 0.4) is 0 Å². The van der Waals surface area contributed by atoms with Crippen LogP contribution in [0.15, 0.2) is 28.8 Å². The minimum absolute atomic E-state index is 0.161. The molecule has 3 fully saturated rings. The van der Waals surface area contributed by atoms with Gasteiger partial charge in [-0.05, 0) is 74.1 Å². The largest absolute Gasteiger partial charge is 0.324 e. The Balaban J connectivity index is 1.38. The number of anilines is 1. The lowest BCUT2D eigenvalue weighted by atomic mass is 9.63. The van der Waals surface area contributed by atoms with Crippen LogP contribution in [0.2, 0.25) is 0 Å². The minimum atomic E-state index is -0.815. The van der Waals surface area contributed by atoms with Crippen molar-refractivity contribution < 1.29 is 14.4 Å². The second kappa shape index (κ2) is 6.02. The number of hydrogen-bond donors (Lipinski definition) is 1. The molecule has 5 aliphatic rings. The Kier molecular flexibility index (Phi) is 3.89. The lowest BCUT2D eigenvalue weighted by Gasteiger charge is -2.37. The van der Waals surface area contributed by atoms with Crippen LogP contribution in [0.4, 0.5) is 5.69 Å². The molecule has 0 unspecified atom stereocenters. The van der Waals surface area contributed by atoms with Crippen molar-refractivity contribution in [2.75, 3.05) is 5.32 Å². The zero-order valence-electron chi connectivity index (χ0n) is 16.1. The minimum Gasteiger partial charge on any atom is -0.324 e. The highest BCUT2D eigenvalue weighted by Gasteiger charge is 2.67. The van der Waals surface area contributed by atoms with Crippen molar-refractivity contribution >= 4 is 39.3 Å². The van der Waals surface area contributed by atoms with Crippen molar-refractivity contribution in [3.05, 3.63) is 39.9 Å². The van der Waals surface area contributed by atoms with Crippen LogP contribution in [0.5, 0.6) is 0 Å². The summed E-state index contributed by atoms with van der Waals surface area (Å²) in [7, 11) is 0. The van der Waals surface area contributed by atoms with Gasteiger partial charge < -0.3 is 5.32 Å². The molecule has 146 valence electrons. The van der Waals surface area contributed by atoms with Crippen LogP contribution in [0.1, 0.15) is 24.5 Å². The molecule has 6 rings (SSSR count). The summed E-state index contributed by atoms with van der Waals surface area (Å²) in [5.41, 5.74) is 2.72. The van der Waals surface area contributed by atoms with Crippen LogP contribution in [-0.4, -0.2) is 28.7 Å². The summed E-state index contributed by atoms with van der Waals surface area (Å²) in [6.07, 6.45) is 5.43. The standard InChI is InChI=1S/C22H23BrN2O3/c1-9-10(2)17(7-6-16(9)23)24-20(26)11(3)25-21(27)18-12-4-5-13(15-8-14(12)15)19(18)22(25)28/h4-7,11-15,18-19H,8H2,1-3H3,(H,24,26)/t11-,12-,13-,14-,15+,18-,19+/m0/s1. The van der Waals surface area contributed by atoms with Gasteiger partial charge in [-0.3, -0.25) is 19.3 Å². The molecule has 2 saturated carbocycles. The summed E-state index contributed by atoms with van der Waals surface area (Å²) >= 11 is 3.49. The van der Waals surface area contributed by atoms with Crippen LogP contribution in [0, 0.1) is 49.4 Å². The van der Waals surface area contributed by atoms with Gasteiger partial charge in [-0.1, -0.05) is 28.1 Å². The Morgan fingerprint density at radius 2 is 1.64 bits per heavy atom. The van der Waals surface area contributed by atoms with Gasteiger partial charge in [0, 0.05) is 10.2 Å². The molecule has 3 amide bonds. The molecule has 1 aromatic rings. The smallest absolute Gasteiger partial charge is 0.247 e. The van der Waals surface area contributed by atoms with Gasteiger partial charge in [-0.15, -0.1) is 0 Å². The summed E-state index contributed by atoms with van der Waals surface area (Å²) in [4.78, 5) is 40.5. The van der Waals surface area contributed by atoms with E-state index in [4.69, 9.17) is 0 Å². The van der Waals surface area contributed by atoms with Crippen molar-refractivity contribution in [2.24, 2.45) is 35.5 Å². The molecule has 0 aromatic heterocycles. The van der Waals surface area contributed by atoms with Gasteiger partial charge in [0.25, 0.3) is 0 Å². The lowest BCUT2D eigenvalue weighted by Crippen LogP contribution is -2.46. The van der Waals surface area contributed by atoms with Crippen molar-refractivity contribution in [1.29, 1.82) is 0 Å². The Morgan fingerprint density at radius 1 is 1.07 bits per heavy atom. The third-order valence-electron chi connectivity index (χ3n) is 7.44. The molecular formula is C22H23BrN2O3. The molecule has 1 N–H and O–H groups in total. The third kappa shape index (κ3) is 2.33. The van der Waals surface area contributed by atoms with E-state index in [-0.39, 0.29) is 41.4 Å². The summed E-state index contributed by atoms with van der Waals surface area (Å²) in [5.74, 6) is 0.293. The summed E-state index contributed by atoms with van der Waals surface area (Å²) in [5, 5.41) is 2.91. The second-order valence-electron chi connectivity index (χ2n) is 8.71. The predicted octanol–water partition coefficient (Wildman–Crippen LogP) is 3.45. The Morgan fingerprint density at radius 3 is 2.21 bits per heavy atom. The first kappa shape index (κ1) is 18.1. The molecular weight excluding hydrogens is 420 g/mol. The number of nitrogens with zero attached hydrogens (tertiary/aromatic N) is 1. The number of imide groups is 1. The number of amides is 3. The SMILES string of the molecule is Cc1c(Br)ccc(NC(=O)[C@H](C)N2C(=O)[C@@H]3[C@H]4C=C[C@@H]([C@@H]5C[C@H]45)[C@@H]3C2=O)c1C. The quantitative estimate of drug-likeness (QED) is 0.575. The number of benzene rings is 1. The van der Waals surface area contributed by atoms with E-state index in [1.807, 2.05) is 26.0 Å². The maximum atomic E-state index is 13.2. The van der Waals surface area contributed by atoms with Crippen molar-refractivity contribution in [1.82, 2.24) is 4.90 Å². The van der Waals surface area contributed by atoms with Gasteiger partial charge in [-0.2, -0.15) is 0 Å². The van der Waals surface area contributed by atoms with E-state index in [0.29, 0.717) is 17.5 Å². The monoisotopic (exact) mass is 442 g/mol. The van der Waals surface area contributed by atoms with Gasteiger partial charge in [0.15, 0.2) is 0 Å². The van der Waals surface area contributed by atoms with E-state index in [1.165, 1.54) is 4.90 Å². The number of hydrogen-bond acceptors (Lipinski definition) is 3. The van der Waals surface area contributed by atoms with E-state index in [2.05, 4.69) is 33.4 Å². The number of halogens is 1. The molecule has 28 heavy (non-hydrogen) atoms. The van der Waals surface area contributed by atoms with E-state index in [0.717, 1.165) is 22.0 Å².